The molecule has 1 amide bonds. The molecule has 7 nitrogen and oxygen atoms in total. The zero-order valence-corrected chi connectivity index (χ0v) is 16.2. The van der Waals surface area contributed by atoms with Gasteiger partial charge in [0.1, 0.15) is 0 Å². The third kappa shape index (κ3) is 4.87. The van der Waals surface area contributed by atoms with Crippen LogP contribution in [0, 0.1) is 13.8 Å². The standard InChI is InChI=1S/C19H23ClN4O3/c1-12-3-5-16(15(20)11-12)22-17(25)6-4-14-13(2)21-19(23-18(14)26)24-7-9-27-10-8-24/h3,5,11H,4,6-10H2,1-2H3,(H,22,25)(H,21,23,26). The summed E-state index contributed by atoms with van der Waals surface area (Å²) in [4.78, 5) is 34.0. The molecule has 0 spiro atoms. The van der Waals surface area contributed by atoms with E-state index < -0.39 is 0 Å². The molecule has 1 aliphatic heterocycles. The number of aromatic nitrogens is 2. The first-order valence-corrected chi connectivity index (χ1v) is 9.30. The number of anilines is 2. The quantitative estimate of drug-likeness (QED) is 0.818. The van der Waals surface area contributed by atoms with Gasteiger partial charge in [-0.25, -0.2) is 4.98 Å². The molecule has 0 unspecified atom stereocenters. The van der Waals surface area contributed by atoms with E-state index in [-0.39, 0.29) is 17.9 Å². The summed E-state index contributed by atoms with van der Waals surface area (Å²) in [7, 11) is 0. The summed E-state index contributed by atoms with van der Waals surface area (Å²) in [6, 6.07) is 5.44. The molecule has 1 fully saturated rings. The lowest BCUT2D eigenvalue weighted by Crippen LogP contribution is -2.38. The second-order valence-corrected chi connectivity index (χ2v) is 6.99. The fourth-order valence-electron chi connectivity index (χ4n) is 2.99. The van der Waals surface area contributed by atoms with Crippen molar-refractivity contribution in [1.29, 1.82) is 0 Å². The summed E-state index contributed by atoms with van der Waals surface area (Å²) in [5.74, 6) is 0.359. The van der Waals surface area contributed by atoms with Crippen LogP contribution >= 0.6 is 11.6 Å². The van der Waals surface area contributed by atoms with Gasteiger partial charge in [0.2, 0.25) is 11.9 Å². The average molecular weight is 391 g/mol. The highest BCUT2D eigenvalue weighted by molar-refractivity contribution is 6.33. The molecule has 8 heteroatoms. The number of amides is 1. The normalized spacial score (nSPS) is 14.3. The molecule has 1 aromatic heterocycles. The van der Waals surface area contributed by atoms with Crippen LogP contribution in [-0.4, -0.2) is 42.2 Å². The highest BCUT2D eigenvalue weighted by Crippen LogP contribution is 2.23. The van der Waals surface area contributed by atoms with E-state index in [2.05, 4.69) is 15.3 Å². The number of hydrogen-bond donors (Lipinski definition) is 2. The number of carbonyl (C=O) groups excluding carboxylic acids is 1. The van der Waals surface area contributed by atoms with Crippen LogP contribution in [-0.2, 0) is 16.0 Å². The predicted molar refractivity (Wildman–Crippen MR) is 106 cm³/mol. The monoisotopic (exact) mass is 390 g/mol. The van der Waals surface area contributed by atoms with Crippen LogP contribution in [0.4, 0.5) is 11.6 Å². The SMILES string of the molecule is Cc1ccc(NC(=O)CCc2c(C)nc(N3CCOCC3)[nH]c2=O)c(Cl)c1. The maximum atomic E-state index is 12.5. The number of halogens is 1. The summed E-state index contributed by atoms with van der Waals surface area (Å²) in [5, 5.41) is 3.28. The topological polar surface area (TPSA) is 87.3 Å². The Bertz CT molecular complexity index is 891. The van der Waals surface area contributed by atoms with Crippen molar-refractivity contribution in [3.63, 3.8) is 0 Å². The molecule has 27 heavy (non-hydrogen) atoms. The molecule has 1 aliphatic rings. The minimum Gasteiger partial charge on any atom is -0.378 e. The molecule has 0 atom stereocenters. The van der Waals surface area contributed by atoms with Gasteiger partial charge in [0.15, 0.2) is 0 Å². The Kier molecular flexibility index (Phi) is 6.13. The molecule has 2 aromatic rings. The van der Waals surface area contributed by atoms with Crippen LogP contribution in [0.2, 0.25) is 5.02 Å². The zero-order valence-electron chi connectivity index (χ0n) is 15.5. The zero-order chi connectivity index (χ0) is 19.4. The summed E-state index contributed by atoms with van der Waals surface area (Å²) >= 11 is 6.14. The number of aryl methyl sites for hydroxylation is 2. The number of nitrogens with zero attached hydrogens (tertiary/aromatic N) is 2. The lowest BCUT2D eigenvalue weighted by Gasteiger charge is -2.27. The molecule has 0 aliphatic carbocycles. The molecule has 144 valence electrons. The number of morpholine rings is 1. The van der Waals surface area contributed by atoms with E-state index in [0.717, 1.165) is 5.56 Å². The molecule has 1 aromatic carbocycles. The maximum absolute atomic E-state index is 12.5. The average Bonchev–Trinajstić information content (AvgIpc) is 2.64. The van der Waals surface area contributed by atoms with E-state index in [4.69, 9.17) is 16.3 Å². The minimum atomic E-state index is -0.204. The molecular formula is C19H23ClN4O3. The lowest BCUT2D eigenvalue weighted by molar-refractivity contribution is -0.116. The summed E-state index contributed by atoms with van der Waals surface area (Å²) < 4.78 is 5.32. The van der Waals surface area contributed by atoms with Gasteiger partial charge < -0.3 is 15.0 Å². The number of aromatic amines is 1. The van der Waals surface area contributed by atoms with Crippen LogP contribution < -0.4 is 15.8 Å². The fourth-order valence-corrected chi connectivity index (χ4v) is 3.27. The third-order valence-corrected chi connectivity index (χ3v) is 4.83. The van der Waals surface area contributed by atoms with Crippen molar-refractivity contribution >= 4 is 29.1 Å². The number of carbonyl (C=O) groups is 1. The predicted octanol–water partition coefficient (Wildman–Crippen LogP) is 2.45. The Morgan fingerprint density at radius 3 is 2.74 bits per heavy atom. The first kappa shape index (κ1) is 19.4. The number of rotatable bonds is 5. The van der Waals surface area contributed by atoms with E-state index in [9.17, 15) is 9.59 Å². The van der Waals surface area contributed by atoms with Gasteiger partial charge in [0.05, 0.1) is 23.9 Å². The van der Waals surface area contributed by atoms with Gasteiger partial charge in [-0.15, -0.1) is 0 Å². The van der Waals surface area contributed by atoms with Crippen molar-refractivity contribution in [3.05, 3.63) is 50.4 Å². The van der Waals surface area contributed by atoms with Gasteiger partial charge in [-0.05, 0) is 38.0 Å². The third-order valence-electron chi connectivity index (χ3n) is 4.52. The van der Waals surface area contributed by atoms with Crippen LogP contribution in [0.5, 0.6) is 0 Å². The maximum Gasteiger partial charge on any atom is 0.255 e. The Morgan fingerprint density at radius 2 is 2.07 bits per heavy atom. The Hall–Kier alpha value is -2.38. The number of benzene rings is 1. The van der Waals surface area contributed by atoms with Crippen molar-refractivity contribution in [2.45, 2.75) is 26.7 Å². The minimum absolute atomic E-state index is 0.173. The van der Waals surface area contributed by atoms with E-state index in [1.54, 1.807) is 19.1 Å². The van der Waals surface area contributed by atoms with Crippen molar-refractivity contribution in [3.8, 4) is 0 Å². The number of hydrogen-bond acceptors (Lipinski definition) is 5. The lowest BCUT2D eigenvalue weighted by atomic mass is 10.1. The van der Waals surface area contributed by atoms with Crippen LogP contribution in [0.25, 0.3) is 0 Å². The molecular weight excluding hydrogens is 368 g/mol. The van der Waals surface area contributed by atoms with Crippen LogP contribution in [0.3, 0.4) is 0 Å². The van der Waals surface area contributed by atoms with Gasteiger partial charge >= 0.3 is 0 Å². The highest BCUT2D eigenvalue weighted by Gasteiger charge is 2.17. The van der Waals surface area contributed by atoms with Crippen molar-refractivity contribution in [1.82, 2.24) is 9.97 Å². The van der Waals surface area contributed by atoms with Gasteiger partial charge in [-0.3, -0.25) is 14.6 Å². The van der Waals surface area contributed by atoms with Crippen LogP contribution in [0.15, 0.2) is 23.0 Å². The second-order valence-electron chi connectivity index (χ2n) is 6.58. The van der Waals surface area contributed by atoms with E-state index in [1.807, 2.05) is 17.9 Å². The van der Waals surface area contributed by atoms with Crippen molar-refractivity contribution in [2.24, 2.45) is 0 Å². The molecule has 0 bridgehead atoms. The van der Waals surface area contributed by atoms with Gasteiger partial charge in [-0.2, -0.15) is 0 Å². The first-order valence-electron chi connectivity index (χ1n) is 8.92. The van der Waals surface area contributed by atoms with Gasteiger partial charge in [-0.1, -0.05) is 17.7 Å². The Labute approximate surface area is 162 Å². The Morgan fingerprint density at radius 1 is 1.33 bits per heavy atom. The number of H-pyrrole nitrogens is 1. The number of ether oxygens (including phenoxy) is 1. The number of nitrogens with one attached hydrogen (secondary N) is 2. The molecule has 1 saturated heterocycles. The second kappa shape index (κ2) is 8.54. The van der Waals surface area contributed by atoms with E-state index in [1.165, 1.54) is 0 Å². The smallest absolute Gasteiger partial charge is 0.255 e. The van der Waals surface area contributed by atoms with Crippen LogP contribution in [0.1, 0.15) is 23.2 Å². The summed E-state index contributed by atoms with van der Waals surface area (Å²) in [5.41, 5.74) is 2.55. The van der Waals surface area contributed by atoms with E-state index in [0.29, 0.717) is 60.6 Å². The molecule has 3 rings (SSSR count). The molecule has 2 N–H and O–H groups in total. The van der Waals surface area contributed by atoms with Gasteiger partial charge in [0, 0.05) is 30.8 Å². The highest BCUT2D eigenvalue weighted by atomic mass is 35.5. The fraction of sp³-hybridized carbons (Fsp3) is 0.421. The molecule has 2 heterocycles. The summed E-state index contributed by atoms with van der Waals surface area (Å²) in [6.45, 7) is 6.35. The summed E-state index contributed by atoms with van der Waals surface area (Å²) in [6.07, 6.45) is 0.486. The van der Waals surface area contributed by atoms with Gasteiger partial charge in [0.25, 0.3) is 5.56 Å². The Balaban J connectivity index is 1.65. The first-order chi connectivity index (χ1) is 12.9. The van der Waals surface area contributed by atoms with Crippen molar-refractivity contribution < 1.29 is 9.53 Å². The largest absolute Gasteiger partial charge is 0.378 e. The molecule has 0 saturated carbocycles. The van der Waals surface area contributed by atoms with Crippen molar-refractivity contribution in [2.75, 3.05) is 36.5 Å². The molecule has 0 radical (unpaired) electrons. The van der Waals surface area contributed by atoms with E-state index >= 15 is 0 Å².